The van der Waals surface area contributed by atoms with Crippen molar-refractivity contribution < 1.29 is 0 Å². The highest BCUT2D eigenvalue weighted by Crippen LogP contribution is 2.68. The number of alkyl halides is 1. The van der Waals surface area contributed by atoms with Gasteiger partial charge < -0.3 is 5.73 Å². The van der Waals surface area contributed by atoms with Crippen molar-refractivity contribution in [3.05, 3.63) is 0 Å². The fourth-order valence-electron chi connectivity index (χ4n) is 3.99. The lowest BCUT2D eigenvalue weighted by atomic mass is 9.66. The van der Waals surface area contributed by atoms with Gasteiger partial charge in [0, 0.05) is 5.38 Å². The summed E-state index contributed by atoms with van der Waals surface area (Å²) in [6, 6.07) is 0. The third-order valence-corrected chi connectivity index (χ3v) is 5.76. The lowest BCUT2D eigenvalue weighted by Gasteiger charge is -2.40. The van der Waals surface area contributed by atoms with Gasteiger partial charge in [0.1, 0.15) is 0 Å². The lowest BCUT2D eigenvalue weighted by molar-refractivity contribution is 0.117. The molecule has 0 radical (unpaired) electrons. The number of nitrogens with two attached hydrogens (primary N) is 1. The van der Waals surface area contributed by atoms with E-state index in [0.717, 1.165) is 18.9 Å². The van der Waals surface area contributed by atoms with Crippen LogP contribution >= 0.6 is 24.0 Å². The molecular weight excluding hydrogens is 229 g/mol. The Morgan fingerprint density at radius 1 is 1.40 bits per heavy atom. The highest BCUT2D eigenvalue weighted by Gasteiger charge is 2.62. The van der Waals surface area contributed by atoms with Crippen LogP contribution in [0, 0.1) is 16.7 Å². The van der Waals surface area contributed by atoms with Crippen LogP contribution in [0.1, 0.15) is 46.0 Å². The zero-order chi connectivity index (χ0) is 10.4. The standard InChI is InChI=1S/C12H22ClN.ClH/c1-11(2)9-4-6-12(11,5-3-7-14)10(13)8-9;/h9-10H,3-8,14H2,1-2H3;1H. The van der Waals surface area contributed by atoms with Crippen LogP contribution in [-0.2, 0) is 0 Å². The molecule has 3 heteroatoms. The van der Waals surface area contributed by atoms with Gasteiger partial charge in [-0.1, -0.05) is 13.8 Å². The van der Waals surface area contributed by atoms with Gasteiger partial charge >= 0.3 is 0 Å². The zero-order valence-electron chi connectivity index (χ0n) is 9.76. The SMILES string of the molecule is CC1(C)C2CCC1(CCCN)C(Cl)C2.Cl. The average Bonchev–Trinajstić information content (AvgIpc) is 2.48. The molecule has 0 saturated heterocycles. The van der Waals surface area contributed by atoms with E-state index < -0.39 is 0 Å². The van der Waals surface area contributed by atoms with Crippen LogP contribution in [0.5, 0.6) is 0 Å². The molecule has 2 fully saturated rings. The van der Waals surface area contributed by atoms with E-state index >= 15 is 0 Å². The van der Waals surface area contributed by atoms with Gasteiger partial charge in [0.25, 0.3) is 0 Å². The second kappa shape index (κ2) is 4.43. The summed E-state index contributed by atoms with van der Waals surface area (Å²) in [5.74, 6) is 0.864. The zero-order valence-corrected chi connectivity index (χ0v) is 11.3. The Balaban J connectivity index is 0.00000112. The molecule has 0 amide bonds. The molecule has 2 aliphatic carbocycles. The molecule has 3 atom stereocenters. The van der Waals surface area contributed by atoms with Crippen molar-refractivity contribution in [1.29, 1.82) is 0 Å². The molecule has 2 bridgehead atoms. The lowest BCUT2D eigenvalue weighted by Crippen LogP contribution is -2.36. The second-order valence-corrected chi connectivity index (χ2v) is 6.24. The number of rotatable bonds is 3. The molecule has 2 N–H and O–H groups in total. The Labute approximate surface area is 105 Å². The maximum atomic E-state index is 6.54. The van der Waals surface area contributed by atoms with Gasteiger partial charge in [-0.15, -0.1) is 24.0 Å². The summed E-state index contributed by atoms with van der Waals surface area (Å²) >= 11 is 6.54. The van der Waals surface area contributed by atoms with Crippen LogP contribution in [0.25, 0.3) is 0 Å². The monoisotopic (exact) mass is 251 g/mol. The normalized spacial score (nSPS) is 41.6. The van der Waals surface area contributed by atoms with Crippen molar-refractivity contribution in [3.8, 4) is 0 Å². The average molecular weight is 252 g/mol. The third-order valence-electron chi connectivity index (χ3n) is 5.16. The summed E-state index contributed by atoms with van der Waals surface area (Å²) in [5, 5.41) is 0.405. The Kier molecular flexibility index (Phi) is 4.01. The molecule has 2 aliphatic rings. The minimum Gasteiger partial charge on any atom is -0.330 e. The molecule has 0 heterocycles. The summed E-state index contributed by atoms with van der Waals surface area (Å²) in [4.78, 5) is 0. The van der Waals surface area contributed by atoms with Crippen LogP contribution in [0.2, 0.25) is 0 Å². The van der Waals surface area contributed by atoms with Crippen molar-refractivity contribution in [2.45, 2.75) is 51.3 Å². The van der Waals surface area contributed by atoms with Crippen molar-refractivity contribution in [3.63, 3.8) is 0 Å². The predicted molar refractivity (Wildman–Crippen MR) is 68.7 cm³/mol. The van der Waals surface area contributed by atoms with E-state index in [2.05, 4.69) is 13.8 Å². The second-order valence-electron chi connectivity index (χ2n) is 5.71. The minimum atomic E-state index is 0. The molecule has 2 saturated carbocycles. The van der Waals surface area contributed by atoms with Gasteiger partial charge in [-0.3, -0.25) is 0 Å². The molecule has 90 valence electrons. The predicted octanol–water partition coefficient (Wildman–Crippen LogP) is 3.58. The highest BCUT2D eigenvalue weighted by molar-refractivity contribution is 6.21. The van der Waals surface area contributed by atoms with Gasteiger partial charge in [0.15, 0.2) is 0 Å². The maximum absolute atomic E-state index is 6.54. The Hall–Kier alpha value is 0.540. The first kappa shape index (κ1) is 13.6. The van der Waals surface area contributed by atoms with Gasteiger partial charge in [-0.2, -0.15) is 0 Å². The Morgan fingerprint density at radius 2 is 2.07 bits per heavy atom. The van der Waals surface area contributed by atoms with E-state index in [-0.39, 0.29) is 12.4 Å². The van der Waals surface area contributed by atoms with E-state index in [1.807, 2.05) is 0 Å². The van der Waals surface area contributed by atoms with Crippen molar-refractivity contribution in [1.82, 2.24) is 0 Å². The Bertz CT molecular complexity index is 230. The van der Waals surface area contributed by atoms with Gasteiger partial charge in [-0.25, -0.2) is 0 Å². The molecule has 0 aliphatic heterocycles. The number of hydrogen-bond donors (Lipinski definition) is 1. The highest BCUT2D eigenvalue weighted by atomic mass is 35.5. The maximum Gasteiger partial charge on any atom is 0.0400 e. The molecule has 0 aromatic carbocycles. The van der Waals surface area contributed by atoms with E-state index in [1.54, 1.807) is 0 Å². The Morgan fingerprint density at radius 3 is 2.47 bits per heavy atom. The third kappa shape index (κ3) is 1.71. The number of fused-ring (bicyclic) bond motifs is 2. The molecule has 1 nitrogen and oxygen atoms in total. The first-order chi connectivity index (χ1) is 6.54. The topological polar surface area (TPSA) is 26.0 Å². The number of halogens is 2. The molecule has 15 heavy (non-hydrogen) atoms. The van der Waals surface area contributed by atoms with E-state index in [9.17, 15) is 0 Å². The van der Waals surface area contributed by atoms with Crippen LogP contribution in [0.3, 0.4) is 0 Å². The van der Waals surface area contributed by atoms with E-state index in [4.69, 9.17) is 17.3 Å². The van der Waals surface area contributed by atoms with Gasteiger partial charge in [0.2, 0.25) is 0 Å². The van der Waals surface area contributed by atoms with Gasteiger partial charge in [0.05, 0.1) is 0 Å². The molecular formula is C12H23Cl2N. The summed E-state index contributed by atoms with van der Waals surface area (Å²) in [7, 11) is 0. The van der Waals surface area contributed by atoms with Crippen LogP contribution in [0.4, 0.5) is 0 Å². The molecule has 0 aromatic heterocycles. The largest absolute Gasteiger partial charge is 0.330 e. The van der Waals surface area contributed by atoms with Crippen LogP contribution in [0.15, 0.2) is 0 Å². The van der Waals surface area contributed by atoms with Gasteiger partial charge in [-0.05, 0) is 55.4 Å². The van der Waals surface area contributed by atoms with E-state index in [1.165, 1.54) is 25.7 Å². The molecule has 2 rings (SSSR count). The fourth-order valence-corrected chi connectivity index (χ4v) is 4.71. The van der Waals surface area contributed by atoms with Crippen molar-refractivity contribution in [2.24, 2.45) is 22.5 Å². The molecule has 0 aromatic rings. The fraction of sp³-hybridized carbons (Fsp3) is 1.00. The quantitative estimate of drug-likeness (QED) is 0.763. The smallest absolute Gasteiger partial charge is 0.0400 e. The summed E-state index contributed by atoms with van der Waals surface area (Å²) in [6.07, 6.45) is 6.33. The summed E-state index contributed by atoms with van der Waals surface area (Å²) < 4.78 is 0. The van der Waals surface area contributed by atoms with Crippen LogP contribution < -0.4 is 5.73 Å². The molecule has 3 unspecified atom stereocenters. The van der Waals surface area contributed by atoms with Crippen molar-refractivity contribution >= 4 is 24.0 Å². The first-order valence-corrected chi connectivity index (χ1v) is 6.32. The summed E-state index contributed by atoms with van der Waals surface area (Å²) in [6.45, 7) is 5.65. The van der Waals surface area contributed by atoms with Crippen molar-refractivity contribution in [2.75, 3.05) is 6.54 Å². The first-order valence-electron chi connectivity index (χ1n) is 5.89. The van der Waals surface area contributed by atoms with E-state index in [0.29, 0.717) is 16.2 Å². The minimum absolute atomic E-state index is 0. The number of hydrogen-bond acceptors (Lipinski definition) is 1. The molecule has 0 spiro atoms. The summed E-state index contributed by atoms with van der Waals surface area (Å²) in [5.41, 5.74) is 6.48. The van der Waals surface area contributed by atoms with Crippen LogP contribution in [-0.4, -0.2) is 11.9 Å².